The van der Waals surface area contributed by atoms with Gasteiger partial charge in [-0.05, 0) is 57.8 Å². The van der Waals surface area contributed by atoms with E-state index in [1.807, 2.05) is 0 Å². The van der Waals surface area contributed by atoms with Crippen LogP contribution in [0.5, 0.6) is 0 Å². The molecule has 0 aliphatic carbocycles. The fraction of sp³-hybridized carbons (Fsp3) is 0.735. The number of hydrogen-bond donors (Lipinski definition) is 0. The lowest BCUT2D eigenvalue weighted by molar-refractivity contribution is -0.305. The number of carbonyl (C=O) groups is 1. The molecule has 0 rings (SSSR count). The van der Waals surface area contributed by atoms with E-state index >= 15 is 0 Å². The van der Waals surface area contributed by atoms with Gasteiger partial charge in [0.15, 0.2) is 0 Å². The van der Waals surface area contributed by atoms with Gasteiger partial charge in [-0.2, -0.15) is 0 Å². The molecular formula is C34H59O2-. The molecule has 0 saturated carbocycles. The number of unbranched alkanes of at least 4 members (excludes halogenated alkanes) is 18. The van der Waals surface area contributed by atoms with Crippen LogP contribution in [-0.4, -0.2) is 5.97 Å². The van der Waals surface area contributed by atoms with E-state index in [1.54, 1.807) is 0 Å². The molecule has 0 unspecified atom stereocenters. The van der Waals surface area contributed by atoms with Crippen LogP contribution in [0.3, 0.4) is 0 Å². The van der Waals surface area contributed by atoms with E-state index in [0.717, 1.165) is 32.1 Å². The Balaban J connectivity index is 3.23. The first-order chi connectivity index (χ1) is 17.8. The maximum absolute atomic E-state index is 10.3. The molecule has 0 atom stereocenters. The molecule has 0 radical (unpaired) electrons. The largest absolute Gasteiger partial charge is 0.550 e. The highest BCUT2D eigenvalue weighted by Gasteiger charge is 1.95. The second-order valence-corrected chi connectivity index (χ2v) is 10.3. The van der Waals surface area contributed by atoms with Crippen LogP contribution in [0.4, 0.5) is 0 Å². The number of hydrogen-bond acceptors (Lipinski definition) is 2. The minimum absolute atomic E-state index is 0.228. The fourth-order valence-electron chi connectivity index (χ4n) is 4.39. The average molecular weight is 500 g/mol. The molecular weight excluding hydrogens is 440 g/mol. The molecule has 0 N–H and O–H groups in total. The quantitative estimate of drug-likeness (QED) is 0.0793. The van der Waals surface area contributed by atoms with Gasteiger partial charge in [0.25, 0.3) is 0 Å². The second-order valence-electron chi connectivity index (χ2n) is 10.3. The number of rotatable bonds is 28. The summed E-state index contributed by atoms with van der Waals surface area (Å²) in [4.78, 5) is 10.3. The fourth-order valence-corrected chi connectivity index (χ4v) is 4.39. The Bertz CT molecular complexity index is 556. The van der Waals surface area contributed by atoms with Crippen molar-refractivity contribution in [2.45, 2.75) is 161 Å². The van der Waals surface area contributed by atoms with Crippen LogP contribution in [0.1, 0.15) is 161 Å². The summed E-state index contributed by atoms with van der Waals surface area (Å²) in [6.07, 6.45) is 47.6. The van der Waals surface area contributed by atoms with Crippen LogP contribution in [-0.2, 0) is 4.79 Å². The Morgan fingerprint density at radius 1 is 0.444 bits per heavy atom. The maximum Gasteiger partial charge on any atom is 0.0414 e. The molecule has 0 spiro atoms. The van der Waals surface area contributed by atoms with Crippen LogP contribution < -0.4 is 5.11 Å². The molecule has 0 bridgehead atoms. The normalized spacial score (nSPS) is 12.2. The Morgan fingerprint density at radius 3 is 1.11 bits per heavy atom. The summed E-state index contributed by atoms with van der Waals surface area (Å²) in [5.41, 5.74) is 0. The molecule has 0 amide bonds. The van der Waals surface area contributed by atoms with Crippen LogP contribution in [0, 0.1) is 0 Å². The summed E-state index contributed by atoms with van der Waals surface area (Å²) >= 11 is 0. The zero-order valence-corrected chi connectivity index (χ0v) is 23.9. The van der Waals surface area contributed by atoms with Gasteiger partial charge in [0, 0.05) is 5.97 Å². The van der Waals surface area contributed by atoms with Crippen LogP contribution in [0.2, 0.25) is 0 Å². The van der Waals surface area contributed by atoms with Crippen molar-refractivity contribution in [3.8, 4) is 0 Å². The average Bonchev–Trinajstić information content (AvgIpc) is 2.87. The highest BCUT2D eigenvalue weighted by atomic mass is 16.4. The summed E-state index contributed by atoms with van der Waals surface area (Å²) in [6, 6.07) is 0. The lowest BCUT2D eigenvalue weighted by Crippen LogP contribution is -2.21. The lowest BCUT2D eigenvalue weighted by Gasteiger charge is -2.04. The summed E-state index contributed by atoms with van der Waals surface area (Å²) in [7, 11) is 0. The van der Waals surface area contributed by atoms with E-state index in [4.69, 9.17) is 0 Å². The van der Waals surface area contributed by atoms with Gasteiger partial charge in [-0.15, -0.1) is 0 Å². The monoisotopic (exact) mass is 499 g/mol. The second kappa shape index (κ2) is 31.5. The molecule has 0 aromatic carbocycles. The Hall–Kier alpha value is -1.57. The Labute approximate surface area is 225 Å². The molecule has 0 saturated heterocycles. The molecule has 2 heteroatoms. The highest BCUT2D eigenvalue weighted by molar-refractivity contribution is 5.64. The number of carbonyl (C=O) groups excluding carboxylic acids is 1. The third-order valence-corrected chi connectivity index (χ3v) is 6.71. The first-order valence-electron chi connectivity index (χ1n) is 15.6. The van der Waals surface area contributed by atoms with Gasteiger partial charge in [-0.25, -0.2) is 0 Å². The number of aliphatic carboxylic acids is 1. The summed E-state index contributed by atoms with van der Waals surface area (Å²) in [6.45, 7) is 2.25. The minimum Gasteiger partial charge on any atom is -0.550 e. The molecule has 0 aliphatic rings. The molecule has 0 aromatic rings. The van der Waals surface area contributed by atoms with Crippen LogP contribution in [0.15, 0.2) is 48.6 Å². The van der Waals surface area contributed by atoms with Crippen LogP contribution >= 0.6 is 0 Å². The van der Waals surface area contributed by atoms with Gasteiger partial charge in [-0.1, -0.05) is 152 Å². The van der Waals surface area contributed by atoms with Gasteiger partial charge in [0.2, 0.25) is 0 Å². The molecule has 0 fully saturated rings. The standard InChI is InChI=1S/C34H60O2/c1-2-3-4-5-6-7-8-9-10-11-12-13-14-15-16-17-18-19-20-21-22-23-24-25-26-27-28-29-30-31-32-33-34(35)36/h6-7,9-10,12-13,15-16H,2-5,8,11,14,17-33H2,1H3,(H,35,36)/p-1/b7-6-,10-9-,13-12-,16-15-. The van der Waals surface area contributed by atoms with Crippen molar-refractivity contribution in [1.82, 2.24) is 0 Å². The zero-order valence-electron chi connectivity index (χ0n) is 23.9. The van der Waals surface area contributed by atoms with Crippen molar-refractivity contribution in [3.63, 3.8) is 0 Å². The summed E-state index contributed by atoms with van der Waals surface area (Å²) in [5, 5.41) is 10.3. The first-order valence-corrected chi connectivity index (χ1v) is 15.6. The van der Waals surface area contributed by atoms with Crippen LogP contribution in [0.25, 0.3) is 0 Å². The van der Waals surface area contributed by atoms with Gasteiger partial charge in [-0.3, -0.25) is 0 Å². The molecule has 208 valence electrons. The van der Waals surface area contributed by atoms with Crippen molar-refractivity contribution >= 4 is 5.97 Å². The molecule has 0 aliphatic heterocycles. The zero-order chi connectivity index (χ0) is 26.2. The Morgan fingerprint density at radius 2 is 0.750 bits per heavy atom. The summed E-state index contributed by atoms with van der Waals surface area (Å²) in [5.74, 6) is -0.905. The molecule has 0 heterocycles. The number of allylic oxidation sites excluding steroid dienone is 8. The Kier molecular flexibility index (Phi) is 30.1. The topological polar surface area (TPSA) is 40.1 Å². The van der Waals surface area contributed by atoms with E-state index in [9.17, 15) is 9.90 Å². The molecule has 2 nitrogen and oxygen atoms in total. The van der Waals surface area contributed by atoms with Crippen molar-refractivity contribution in [2.75, 3.05) is 0 Å². The number of carboxylic acid groups (broad SMARTS) is 1. The number of carboxylic acids is 1. The highest BCUT2D eigenvalue weighted by Crippen LogP contribution is 2.14. The smallest absolute Gasteiger partial charge is 0.0414 e. The minimum atomic E-state index is -0.905. The van der Waals surface area contributed by atoms with Crippen molar-refractivity contribution in [3.05, 3.63) is 48.6 Å². The predicted octanol–water partition coefficient (Wildman–Crippen LogP) is 10.3. The van der Waals surface area contributed by atoms with E-state index in [-0.39, 0.29) is 6.42 Å². The predicted molar refractivity (Wildman–Crippen MR) is 158 cm³/mol. The van der Waals surface area contributed by atoms with Gasteiger partial charge < -0.3 is 9.90 Å². The lowest BCUT2D eigenvalue weighted by atomic mass is 10.0. The van der Waals surface area contributed by atoms with Gasteiger partial charge in [0.05, 0.1) is 0 Å². The summed E-state index contributed by atoms with van der Waals surface area (Å²) < 4.78 is 0. The van der Waals surface area contributed by atoms with E-state index in [1.165, 1.54) is 116 Å². The molecule has 36 heavy (non-hydrogen) atoms. The van der Waals surface area contributed by atoms with Gasteiger partial charge in [0.1, 0.15) is 0 Å². The SMILES string of the molecule is CCCCC/C=C\C/C=C\C/C=C\C/C=C\CCCCCCCCCCCCCCCCCC(=O)[O-]. The van der Waals surface area contributed by atoms with Crippen molar-refractivity contribution in [1.29, 1.82) is 0 Å². The third kappa shape index (κ3) is 32.4. The van der Waals surface area contributed by atoms with Crippen molar-refractivity contribution < 1.29 is 9.90 Å². The third-order valence-electron chi connectivity index (χ3n) is 6.71. The van der Waals surface area contributed by atoms with E-state index in [0.29, 0.717) is 0 Å². The molecule has 0 aromatic heterocycles. The maximum atomic E-state index is 10.3. The first kappa shape index (κ1) is 34.4. The van der Waals surface area contributed by atoms with E-state index in [2.05, 4.69) is 55.5 Å². The van der Waals surface area contributed by atoms with Gasteiger partial charge >= 0.3 is 0 Å². The van der Waals surface area contributed by atoms with E-state index < -0.39 is 5.97 Å². The van der Waals surface area contributed by atoms with Crippen molar-refractivity contribution in [2.24, 2.45) is 0 Å².